The van der Waals surface area contributed by atoms with Crippen molar-refractivity contribution < 1.29 is 12.8 Å². The molecule has 0 aliphatic rings. The summed E-state index contributed by atoms with van der Waals surface area (Å²) < 4.78 is 36.6. The first-order valence-electron chi connectivity index (χ1n) is 4.52. The summed E-state index contributed by atoms with van der Waals surface area (Å²) in [5.41, 5.74) is 0. The van der Waals surface area contributed by atoms with Crippen molar-refractivity contribution in [2.24, 2.45) is 0 Å². The van der Waals surface area contributed by atoms with Crippen LogP contribution in [0.4, 0.5) is 4.39 Å². The van der Waals surface area contributed by atoms with E-state index in [1.165, 1.54) is 24.4 Å². The summed E-state index contributed by atoms with van der Waals surface area (Å²) >= 11 is 0. The highest BCUT2D eigenvalue weighted by Crippen LogP contribution is 2.18. The fourth-order valence-corrected chi connectivity index (χ4v) is 2.43. The van der Waals surface area contributed by atoms with Crippen molar-refractivity contribution in [3.63, 3.8) is 0 Å². The molecule has 2 rings (SSSR count). The minimum Gasteiger partial charge on any atom is -0.244 e. The Labute approximate surface area is 92.5 Å². The third-order valence-electron chi connectivity index (χ3n) is 2.04. The minimum absolute atomic E-state index is 0.0348. The second kappa shape index (κ2) is 4.02. The molecule has 16 heavy (non-hydrogen) atoms. The van der Waals surface area contributed by atoms with E-state index in [1.54, 1.807) is 12.1 Å². The summed E-state index contributed by atoms with van der Waals surface area (Å²) in [4.78, 5) is 3.80. The van der Waals surface area contributed by atoms with Crippen molar-refractivity contribution in [2.45, 2.75) is 9.92 Å². The van der Waals surface area contributed by atoms with Gasteiger partial charge in [-0.2, -0.15) is 0 Å². The number of aromatic nitrogens is 1. The van der Waals surface area contributed by atoms with Crippen LogP contribution in [0.15, 0.2) is 58.6 Å². The van der Waals surface area contributed by atoms with Crippen molar-refractivity contribution in [1.29, 1.82) is 0 Å². The van der Waals surface area contributed by atoms with Crippen molar-refractivity contribution in [3.8, 4) is 0 Å². The smallest absolute Gasteiger partial charge is 0.223 e. The van der Waals surface area contributed by atoms with Crippen molar-refractivity contribution in [3.05, 3.63) is 54.5 Å². The Balaban J connectivity index is 2.52. The Kier molecular flexibility index (Phi) is 2.70. The van der Waals surface area contributed by atoms with E-state index < -0.39 is 15.7 Å². The molecule has 0 spiro atoms. The topological polar surface area (TPSA) is 47.0 Å². The molecule has 82 valence electrons. The summed E-state index contributed by atoms with van der Waals surface area (Å²) in [6.07, 6.45) is 1.40. The Hall–Kier alpha value is -1.75. The van der Waals surface area contributed by atoms with Gasteiger partial charge in [0.1, 0.15) is 5.82 Å². The summed E-state index contributed by atoms with van der Waals surface area (Å²) in [6.45, 7) is 0. The van der Waals surface area contributed by atoms with E-state index in [0.29, 0.717) is 0 Å². The Morgan fingerprint density at radius 1 is 1.00 bits per heavy atom. The number of sulfone groups is 1. The van der Waals surface area contributed by atoms with E-state index >= 15 is 0 Å². The predicted molar refractivity (Wildman–Crippen MR) is 56.1 cm³/mol. The van der Waals surface area contributed by atoms with Crippen LogP contribution in [0.1, 0.15) is 0 Å². The maximum Gasteiger partial charge on any atom is 0.223 e. The molecule has 0 fully saturated rings. The summed E-state index contributed by atoms with van der Waals surface area (Å²) in [5.74, 6) is -0.472. The van der Waals surface area contributed by atoms with E-state index in [1.807, 2.05) is 0 Å². The van der Waals surface area contributed by atoms with Crippen LogP contribution < -0.4 is 0 Å². The number of nitrogens with zero attached hydrogens (tertiary/aromatic N) is 1. The molecule has 0 radical (unpaired) electrons. The van der Waals surface area contributed by atoms with Crippen LogP contribution in [0, 0.1) is 5.82 Å². The van der Waals surface area contributed by atoms with Crippen LogP contribution in [0.25, 0.3) is 0 Å². The van der Waals surface area contributed by atoms with Gasteiger partial charge in [-0.05, 0) is 36.4 Å². The molecule has 0 unspecified atom stereocenters. The van der Waals surface area contributed by atoms with E-state index in [0.717, 1.165) is 12.1 Å². The average Bonchev–Trinajstić information content (AvgIpc) is 2.31. The van der Waals surface area contributed by atoms with Gasteiger partial charge in [0.25, 0.3) is 0 Å². The van der Waals surface area contributed by atoms with Crippen LogP contribution in [-0.4, -0.2) is 13.4 Å². The van der Waals surface area contributed by atoms with Crippen LogP contribution in [-0.2, 0) is 9.84 Å². The summed E-state index contributed by atoms with van der Waals surface area (Å²) in [5, 5.41) is -0.0402. The maximum absolute atomic E-state index is 12.7. The van der Waals surface area contributed by atoms with Gasteiger partial charge < -0.3 is 0 Å². The standard InChI is InChI=1S/C11H8FNO2S/c12-9-4-6-10(7-5-9)16(14,15)11-3-1-2-8-13-11/h1-8H. The van der Waals surface area contributed by atoms with Gasteiger partial charge in [-0.25, -0.2) is 17.8 Å². The molecule has 0 atom stereocenters. The van der Waals surface area contributed by atoms with Crippen LogP contribution in [0.5, 0.6) is 0 Å². The zero-order valence-corrected chi connectivity index (χ0v) is 8.99. The Morgan fingerprint density at radius 3 is 2.25 bits per heavy atom. The Bertz CT molecular complexity index is 579. The molecule has 1 heterocycles. The van der Waals surface area contributed by atoms with E-state index in [9.17, 15) is 12.8 Å². The number of benzene rings is 1. The van der Waals surface area contributed by atoms with Crippen LogP contribution >= 0.6 is 0 Å². The summed E-state index contributed by atoms with van der Waals surface area (Å²) in [6, 6.07) is 9.27. The molecule has 0 amide bonds. The largest absolute Gasteiger partial charge is 0.244 e. The van der Waals surface area contributed by atoms with E-state index in [2.05, 4.69) is 4.98 Å². The number of hydrogen-bond acceptors (Lipinski definition) is 3. The Morgan fingerprint density at radius 2 is 1.69 bits per heavy atom. The predicted octanol–water partition coefficient (Wildman–Crippen LogP) is 2.05. The van der Waals surface area contributed by atoms with Crippen LogP contribution in [0.3, 0.4) is 0 Å². The molecular weight excluding hydrogens is 229 g/mol. The van der Waals surface area contributed by atoms with E-state index in [4.69, 9.17) is 0 Å². The SMILES string of the molecule is O=S(=O)(c1ccc(F)cc1)c1ccccn1. The molecular formula is C11H8FNO2S. The van der Waals surface area contributed by atoms with E-state index in [-0.39, 0.29) is 9.92 Å². The minimum atomic E-state index is -3.63. The lowest BCUT2D eigenvalue weighted by Crippen LogP contribution is -2.03. The highest BCUT2D eigenvalue weighted by molar-refractivity contribution is 7.91. The highest BCUT2D eigenvalue weighted by atomic mass is 32.2. The third kappa shape index (κ3) is 1.94. The third-order valence-corrected chi connectivity index (χ3v) is 3.72. The fourth-order valence-electron chi connectivity index (χ4n) is 1.24. The molecule has 0 bridgehead atoms. The lowest BCUT2D eigenvalue weighted by molar-refractivity contribution is 0.591. The van der Waals surface area contributed by atoms with Gasteiger partial charge in [-0.15, -0.1) is 0 Å². The first-order valence-corrected chi connectivity index (χ1v) is 6.01. The first-order chi connectivity index (χ1) is 7.60. The number of hydrogen-bond donors (Lipinski definition) is 0. The quantitative estimate of drug-likeness (QED) is 0.751. The molecule has 5 heteroatoms. The second-order valence-corrected chi connectivity index (χ2v) is 5.02. The normalized spacial score (nSPS) is 11.3. The highest BCUT2D eigenvalue weighted by Gasteiger charge is 2.18. The van der Waals surface area contributed by atoms with Gasteiger partial charge >= 0.3 is 0 Å². The van der Waals surface area contributed by atoms with Crippen molar-refractivity contribution >= 4 is 9.84 Å². The molecule has 0 aliphatic heterocycles. The summed E-state index contributed by atoms with van der Waals surface area (Å²) in [7, 11) is -3.63. The molecule has 0 saturated heterocycles. The van der Waals surface area contributed by atoms with Gasteiger partial charge in [-0.1, -0.05) is 6.07 Å². The number of halogens is 1. The molecule has 3 nitrogen and oxygen atoms in total. The van der Waals surface area contributed by atoms with Crippen LogP contribution in [0.2, 0.25) is 0 Å². The first kappa shape index (κ1) is 10.8. The molecule has 2 aromatic rings. The second-order valence-electron chi connectivity index (χ2n) is 3.13. The number of pyridine rings is 1. The lowest BCUT2D eigenvalue weighted by Gasteiger charge is -2.02. The average molecular weight is 237 g/mol. The molecule has 1 aromatic carbocycles. The zero-order valence-electron chi connectivity index (χ0n) is 8.17. The van der Waals surface area contributed by atoms with Crippen molar-refractivity contribution in [1.82, 2.24) is 4.98 Å². The fraction of sp³-hybridized carbons (Fsp3) is 0. The molecule has 0 N–H and O–H groups in total. The molecule has 1 aromatic heterocycles. The molecule has 0 aliphatic carbocycles. The van der Waals surface area contributed by atoms with Gasteiger partial charge in [-0.3, -0.25) is 0 Å². The number of rotatable bonds is 2. The van der Waals surface area contributed by atoms with Gasteiger partial charge in [0, 0.05) is 6.20 Å². The van der Waals surface area contributed by atoms with Gasteiger partial charge in [0.15, 0.2) is 5.03 Å². The maximum atomic E-state index is 12.7. The van der Waals surface area contributed by atoms with Gasteiger partial charge in [0.2, 0.25) is 9.84 Å². The van der Waals surface area contributed by atoms with Gasteiger partial charge in [0.05, 0.1) is 4.90 Å². The lowest BCUT2D eigenvalue weighted by atomic mass is 10.4. The monoisotopic (exact) mass is 237 g/mol. The zero-order chi connectivity index (χ0) is 11.6. The molecule has 0 saturated carbocycles. The van der Waals surface area contributed by atoms with Crippen molar-refractivity contribution in [2.75, 3.05) is 0 Å².